The lowest BCUT2D eigenvalue weighted by molar-refractivity contribution is 0.587. The van der Waals surface area contributed by atoms with Crippen molar-refractivity contribution in [3.8, 4) is 28.2 Å². The Morgan fingerprint density at radius 3 is 2.26 bits per heavy atom. The highest BCUT2D eigenvalue weighted by Gasteiger charge is 2.25. The molecule has 226 valence electrons. The first-order valence-electron chi connectivity index (χ1n) is 17.4. The number of pyridine rings is 1. The lowest BCUT2D eigenvalue weighted by Crippen LogP contribution is -2.16. The van der Waals surface area contributed by atoms with Gasteiger partial charge in [-0.05, 0) is 99.0 Å². The second-order valence-electron chi connectivity index (χ2n) is 13.3. The second-order valence-corrected chi connectivity index (χ2v) is 13.3. The zero-order valence-corrected chi connectivity index (χ0v) is 26.4. The van der Waals surface area contributed by atoms with Gasteiger partial charge in [-0.15, -0.1) is 0 Å². The fourth-order valence-electron chi connectivity index (χ4n) is 7.00. The number of furan rings is 1. The van der Waals surface area contributed by atoms with Crippen molar-refractivity contribution in [1.82, 2.24) is 14.5 Å². The van der Waals surface area contributed by atoms with Gasteiger partial charge in [-0.1, -0.05) is 99.6 Å². The van der Waals surface area contributed by atoms with E-state index in [2.05, 4.69) is 109 Å². The maximum absolute atomic E-state index is 7.87. The second kappa shape index (κ2) is 10.1. The monoisotopic (exact) mass is 610 g/mol. The SMILES string of the molecule is [2H]C([2H])([2H])c1ccc2c(n1)oc1c(-c3nc4ccccc4n3-c3ccc(-c4ccc5ccc6ccccc6c5c4)cc3C(C)(C)C)cccc12. The van der Waals surface area contributed by atoms with Gasteiger partial charge in [0.05, 0.1) is 22.3 Å². The van der Waals surface area contributed by atoms with E-state index in [1.165, 1.54) is 27.1 Å². The number of rotatable bonds is 3. The molecule has 4 nitrogen and oxygen atoms in total. The molecule has 0 aliphatic heterocycles. The topological polar surface area (TPSA) is 43.9 Å². The normalized spacial score (nSPS) is 13.5. The maximum Gasteiger partial charge on any atom is 0.227 e. The molecule has 9 rings (SSSR count). The third kappa shape index (κ3) is 4.36. The molecule has 0 aliphatic rings. The van der Waals surface area contributed by atoms with Crippen LogP contribution in [0.25, 0.3) is 82.8 Å². The van der Waals surface area contributed by atoms with Crippen molar-refractivity contribution in [2.45, 2.75) is 33.0 Å². The number of imidazole rings is 1. The highest BCUT2D eigenvalue weighted by Crippen LogP contribution is 2.41. The Morgan fingerprint density at radius 1 is 0.638 bits per heavy atom. The lowest BCUT2D eigenvalue weighted by atomic mass is 9.83. The summed E-state index contributed by atoms with van der Waals surface area (Å²) in [6.45, 7) is 4.41. The minimum Gasteiger partial charge on any atom is -0.437 e. The van der Waals surface area contributed by atoms with Gasteiger partial charge in [0.25, 0.3) is 0 Å². The highest BCUT2D eigenvalue weighted by molar-refractivity contribution is 6.09. The number of aromatic nitrogens is 3. The molecule has 0 N–H and O–H groups in total. The molecule has 0 spiro atoms. The summed E-state index contributed by atoms with van der Waals surface area (Å²) >= 11 is 0. The van der Waals surface area contributed by atoms with E-state index in [1.54, 1.807) is 12.1 Å². The summed E-state index contributed by atoms with van der Waals surface area (Å²) < 4.78 is 32.2. The first kappa shape index (κ1) is 24.5. The van der Waals surface area contributed by atoms with Gasteiger partial charge in [-0.2, -0.15) is 0 Å². The molecule has 47 heavy (non-hydrogen) atoms. The van der Waals surface area contributed by atoms with Crippen molar-refractivity contribution in [3.63, 3.8) is 0 Å². The zero-order valence-electron chi connectivity index (χ0n) is 29.4. The van der Waals surface area contributed by atoms with Crippen LogP contribution in [0.3, 0.4) is 0 Å². The molecule has 0 aliphatic carbocycles. The van der Waals surface area contributed by atoms with Gasteiger partial charge in [0, 0.05) is 20.6 Å². The number of nitrogens with zero attached hydrogens (tertiary/aromatic N) is 3. The Balaban J connectivity index is 1.27. The summed E-state index contributed by atoms with van der Waals surface area (Å²) in [5.41, 5.74) is 7.89. The summed E-state index contributed by atoms with van der Waals surface area (Å²) in [6.07, 6.45) is 0. The van der Waals surface area contributed by atoms with Crippen LogP contribution in [0.2, 0.25) is 0 Å². The van der Waals surface area contributed by atoms with Crippen LogP contribution in [0.1, 0.15) is 36.1 Å². The molecule has 9 aromatic rings. The average Bonchev–Trinajstić information content (AvgIpc) is 3.69. The van der Waals surface area contributed by atoms with Crippen LogP contribution >= 0.6 is 0 Å². The number of para-hydroxylation sites is 3. The molecule has 3 heterocycles. The molecule has 4 heteroatoms. The van der Waals surface area contributed by atoms with Gasteiger partial charge in [0.2, 0.25) is 5.71 Å². The summed E-state index contributed by atoms with van der Waals surface area (Å²) in [7, 11) is 0. The average molecular weight is 611 g/mol. The molecule has 0 saturated heterocycles. The van der Waals surface area contributed by atoms with Gasteiger partial charge in [0.1, 0.15) is 11.4 Å². The molecular weight excluding hydrogens is 574 g/mol. The number of aryl methyl sites for hydroxylation is 1. The van der Waals surface area contributed by atoms with Gasteiger partial charge >= 0.3 is 0 Å². The first-order chi connectivity index (χ1) is 24.0. The molecule has 0 fully saturated rings. The molecule has 0 radical (unpaired) electrons. The number of hydrogen-bond acceptors (Lipinski definition) is 3. The van der Waals surface area contributed by atoms with Gasteiger partial charge in [-0.25, -0.2) is 9.97 Å². The first-order valence-corrected chi connectivity index (χ1v) is 15.9. The van der Waals surface area contributed by atoms with Crippen LogP contribution in [0.15, 0.2) is 132 Å². The summed E-state index contributed by atoms with van der Waals surface area (Å²) in [5, 5.41) is 6.56. The highest BCUT2D eigenvalue weighted by atomic mass is 16.3. The van der Waals surface area contributed by atoms with Crippen LogP contribution < -0.4 is 0 Å². The van der Waals surface area contributed by atoms with Crippen LogP contribution in [0.4, 0.5) is 0 Å². The molecule has 3 aromatic heterocycles. The molecular formula is C43H33N3O. The van der Waals surface area contributed by atoms with Gasteiger partial charge in [-0.3, -0.25) is 4.57 Å². The molecule has 0 atom stereocenters. The number of fused-ring (bicyclic) bond motifs is 7. The maximum atomic E-state index is 7.87. The lowest BCUT2D eigenvalue weighted by Gasteiger charge is -2.25. The summed E-state index contributed by atoms with van der Waals surface area (Å²) in [6, 6.07) is 43.9. The standard InChI is InChI=1S/C43H33N3O/c1-26-16-22-33-32-12-9-13-34(40(32)47-42(33)44-26)41-45-37-14-7-8-15-39(37)46(41)38-23-21-30(25-36(38)43(2,3)4)29-20-19-28-18-17-27-10-5-6-11-31(27)35(28)24-29/h5-25H,1-4H3/i1D3. The van der Waals surface area contributed by atoms with Crippen molar-refractivity contribution in [3.05, 3.63) is 139 Å². The van der Waals surface area contributed by atoms with E-state index in [9.17, 15) is 0 Å². The fourth-order valence-corrected chi connectivity index (χ4v) is 7.00. The van der Waals surface area contributed by atoms with Crippen LogP contribution in [-0.4, -0.2) is 14.5 Å². The Bertz CT molecular complexity index is 2800. The third-order valence-corrected chi connectivity index (χ3v) is 9.29. The molecule has 0 saturated carbocycles. The van der Waals surface area contributed by atoms with Crippen molar-refractivity contribution < 1.29 is 8.53 Å². The smallest absolute Gasteiger partial charge is 0.227 e. The van der Waals surface area contributed by atoms with Crippen LogP contribution in [0, 0.1) is 6.85 Å². The van der Waals surface area contributed by atoms with Crippen molar-refractivity contribution in [1.29, 1.82) is 0 Å². The fraction of sp³-hybridized carbons (Fsp3) is 0.116. The predicted molar refractivity (Wildman–Crippen MR) is 195 cm³/mol. The Labute approximate surface area is 277 Å². The minimum atomic E-state index is -2.33. The van der Waals surface area contributed by atoms with E-state index < -0.39 is 6.85 Å². The number of benzene rings is 6. The van der Waals surface area contributed by atoms with Gasteiger partial charge < -0.3 is 4.42 Å². The Morgan fingerprint density at radius 2 is 1.38 bits per heavy atom. The molecule has 6 aromatic carbocycles. The van der Waals surface area contributed by atoms with E-state index in [-0.39, 0.29) is 11.1 Å². The summed E-state index contributed by atoms with van der Waals surface area (Å²) in [4.78, 5) is 9.60. The van der Waals surface area contributed by atoms with Crippen molar-refractivity contribution >= 4 is 54.6 Å². The Hall–Kier alpha value is -5.74. The third-order valence-electron chi connectivity index (χ3n) is 9.29. The van der Waals surface area contributed by atoms with E-state index in [0.717, 1.165) is 50.0 Å². The van der Waals surface area contributed by atoms with E-state index in [1.807, 2.05) is 36.4 Å². The molecule has 0 bridgehead atoms. The van der Waals surface area contributed by atoms with Crippen LogP contribution in [0.5, 0.6) is 0 Å². The molecule has 0 amide bonds. The quantitative estimate of drug-likeness (QED) is 0.187. The van der Waals surface area contributed by atoms with Crippen molar-refractivity contribution in [2.75, 3.05) is 0 Å². The van der Waals surface area contributed by atoms with Gasteiger partial charge in [0.15, 0.2) is 0 Å². The summed E-state index contributed by atoms with van der Waals surface area (Å²) in [5.74, 6) is 0.738. The molecule has 0 unspecified atom stereocenters. The number of hydrogen-bond donors (Lipinski definition) is 0. The zero-order chi connectivity index (χ0) is 34.4. The van der Waals surface area contributed by atoms with Crippen LogP contribution in [-0.2, 0) is 5.41 Å². The predicted octanol–water partition coefficient (Wildman–Crippen LogP) is 11.6. The minimum absolute atomic E-state index is 0.00681. The van der Waals surface area contributed by atoms with E-state index in [0.29, 0.717) is 11.3 Å². The van der Waals surface area contributed by atoms with E-state index in [4.69, 9.17) is 13.5 Å². The largest absolute Gasteiger partial charge is 0.437 e. The Kier molecular flexibility index (Phi) is 5.28. The van der Waals surface area contributed by atoms with Crippen molar-refractivity contribution in [2.24, 2.45) is 0 Å². The van der Waals surface area contributed by atoms with E-state index >= 15 is 0 Å².